The average Bonchev–Trinajstić information content (AvgIpc) is 2.76. The third kappa shape index (κ3) is 2.54. The molecule has 6 nitrogen and oxygen atoms in total. The molecule has 0 aliphatic carbocycles. The first-order valence-corrected chi connectivity index (χ1v) is 7.75. The van der Waals surface area contributed by atoms with E-state index in [1.54, 1.807) is 11.6 Å². The van der Waals surface area contributed by atoms with Gasteiger partial charge < -0.3 is 9.30 Å². The molecular weight excluding hydrogens is 310 g/mol. The standard InChI is InChI=1S/C9H14BrN3O3S/c1-12-5-9(11-7-12)17(14,15)13-2-3-16-6-8(13)4-10/h5,7-8H,2-4,6H2,1H3. The van der Waals surface area contributed by atoms with Gasteiger partial charge >= 0.3 is 0 Å². The van der Waals surface area contributed by atoms with Gasteiger partial charge in [0, 0.05) is 25.1 Å². The van der Waals surface area contributed by atoms with Gasteiger partial charge in [-0.1, -0.05) is 15.9 Å². The Morgan fingerprint density at radius 2 is 2.41 bits per heavy atom. The Bertz CT molecular complexity index is 487. The number of nitrogens with zero attached hydrogens (tertiary/aromatic N) is 3. The lowest BCUT2D eigenvalue weighted by Crippen LogP contribution is -2.49. The maximum Gasteiger partial charge on any atom is 0.262 e. The van der Waals surface area contributed by atoms with E-state index in [4.69, 9.17) is 4.74 Å². The summed E-state index contributed by atoms with van der Waals surface area (Å²) in [6.07, 6.45) is 2.99. The van der Waals surface area contributed by atoms with Gasteiger partial charge in [-0.2, -0.15) is 4.31 Å². The predicted octanol–water partition coefficient (Wildman–Crippen LogP) is 0.205. The first kappa shape index (κ1) is 13.0. The van der Waals surface area contributed by atoms with Gasteiger partial charge in [0.25, 0.3) is 10.0 Å². The molecule has 0 amide bonds. The third-order valence-electron chi connectivity index (χ3n) is 2.61. The van der Waals surface area contributed by atoms with Crippen molar-refractivity contribution in [1.82, 2.24) is 13.9 Å². The molecule has 2 rings (SSSR count). The summed E-state index contributed by atoms with van der Waals surface area (Å²) in [6, 6.07) is -0.171. The summed E-state index contributed by atoms with van der Waals surface area (Å²) in [6.45, 7) is 1.21. The number of rotatable bonds is 3. The number of morpholine rings is 1. The number of aryl methyl sites for hydroxylation is 1. The van der Waals surface area contributed by atoms with Gasteiger partial charge in [-0.15, -0.1) is 0 Å². The Kier molecular flexibility index (Phi) is 3.86. The minimum atomic E-state index is -3.51. The summed E-state index contributed by atoms with van der Waals surface area (Å²) in [7, 11) is -1.77. The molecule has 0 spiro atoms. The van der Waals surface area contributed by atoms with E-state index < -0.39 is 10.0 Å². The van der Waals surface area contributed by atoms with Crippen LogP contribution in [0.1, 0.15) is 0 Å². The maximum atomic E-state index is 12.3. The van der Waals surface area contributed by atoms with Crippen molar-refractivity contribution in [2.24, 2.45) is 7.05 Å². The highest BCUT2D eigenvalue weighted by molar-refractivity contribution is 9.09. The molecule has 1 aromatic heterocycles. The van der Waals surface area contributed by atoms with Crippen molar-refractivity contribution in [2.75, 3.05) is 25.1 Å². The Hall–Kier alpha value is -0.440. The predicted molar refractivity (Wildman–Crippen MR) is 65.5 cm³/mol. The second kappa shape index (κ2) is 5.05. The number of halogens is 1. The van der Waals surface area contributed by atoms with Crippen molar-refractivity contribution in [3.05, 3.63) is 12.5 Å². The topological polar surface area (TPSA) is 64.4 Å². The Balaban J connectivity index is 2.30. The third-order valence-corrected chi connectivity index (χ3v) is 5.19. The second-order valence-electron chi connectivity index (χ2n) is 3.88. The van der Waals surface area contributed by atoms with E-state index in [0.717, 1.165) is 0 Å². The highest BCUT2D eigenvalue weighted by Gasteiger charge is 2.34. The fourth-order valence-electron chi connectivity index (χ4n) is 1.72. The summed E-state index contributed by atoms with van der Waals surface area (Å²) < 4.78 is 33.0. The van der Waals surface area contributed by atoms with Crippen LogP contribution in [0.4, 0.5) is 0 Å². The van der Waals surface area contributed by atoms with Crippen LogP contribution in [0.2, 0.25) is 0 Å². The van der Waals surface area contributed by atoms with Gasteiger partial charge in [0.05, 0.1) is 25.6 Å². The van der Waals surface area contributed by atoms with E-state index in [0.29, 0.717) is 25.1 Å². The first-order chi connectivity index (χ1) is 8.05. The molecule has 1 aromatic rings. The average molecular weight is 324 g/mol. The van der Waals surface area contributed by atoms with Crippen molar-refractivity contribution in [1.29, 1.82) is 0 Å². The summed E-state index contributed by atoms with van der Waals surface area (Å²) >= 11 is 3.31. The minimum absolute atomic E-state index is 0.0906. The Morgan fingerprint density at radius 3 is 3.00 bits per heavy atom. The van der Waals surface area contributed by atoms with Crippen molar-refractivity contribution in [2.45, 2.75) is 11.1 Å². The number of hydrogen-bond donors (Lipinski definition) is 0. The molecular formula is C9H14BrN3O3S. The quantitative estimate of drug-likeness (QED) is 0.746. The molecule has 0 radical (unpaired) electrons. The van der Waals surface area contributed by atoms with E-state index in [1.165, 1.54) is 16.8 Å². The molecule has 1 aliphatic rings. The van der Waals surface area contributed by atoms with Crippen LogP contribution < -0.4 is 0 Å². The van der Waals surface area contributed by atoms with Crippen LogP contribution in [0.3, 0.4) is 0 Å². The van der Waals surface area contributed by atoms with Gasteiger partial charge in [-0.3, -0.25) is 0 Å². The lowest BCUT2D eigenvalue weighted by molar-refractivity contribution is 0.0412. The molecule has 96 valence electrons. The minimum Gasteiger partial charge on any atom is -0.378 e. The molecule has 1 fully saturated rings. The van der Waals surface area contributed by atoms with Crippen molar-refractivity contribution >= 4 is 26.0 Å². The van der Waals surface area contributed by atoms with Gasteiger partial charge in [0.1, 0.15) is 0 Å². The molecule has 1 saturated heterocycles. The van der Waals surface area contributed by atoms with E-state index in [9.17, 15) is 8.42 Å². The Labute approximate surface area is 109 Å². The van der Waals surface area contributed by atoms with Crippen molar-refractivity contribution in [3.8, 4) is 0 Å². The molecule has 1 atom stereocenters. The molecule has 1 aliphatic heterocycles. The summed E-state index contributed by atoms with van der Waals surface area (Å²) in [5.74, 6) is 0. The number of imidazole rings is 1. The van der Waals surface area contributed by atoms with Crippen LogP contribution in [0.15, 0.2) is 17.6 Å². The Morgan fingerprint density at radius 1 is 1.65 bits per heavy atom. The molecule has 2 heterocycles. The fraction of sp³-hybridized carbons (Fsp3) is 0.667. The van der Waals surface area contributed by atoms with Crippen LogP contribution >= 0.6 is 15.9 Å². The largest absolute Gasteiger partial charge is 0.378 e. The van der Waals surface area contributed by atoms with Crippen LogP contribution in [-0.4, -0.2) is 53.4 Å². The maximum absolute atomic E-state index is 12.3. The zero-order valence-corrected chi connectivity index (χ0v) is 11.8. The lowest BCUT2D eigenvalue weighted by Gasteiger charge is -2.32. The number of aromatic nitrogens is 2. The van der Waals surface area contributed by atoms with E-state index >= 15 is 0 Å². The monoisotopic (exact) mass is 323 g/mol. The summed E-state index contributed by atoms with van der Waals surface area (Å²) in [5.41, 5.74) is 0. The molecule has 0 aromatic carbocycles. The molecule has 0 N–H and O–H groups in total. The van der Waals surface area contributed by atoms with Gasteiger partial charge in [0.15, 0.2) is 5.03 Å². The SMILES string of the molecule is Cn1cnc(S(=O)(=O)N2CCOCC2CBr)c1. The summed E-state index contributed by atoms with van der Waals surface area (Å²) in [4.78, 5) is 3.91. The molecule has 17 heavy (non-hydrogen) atoms. The van der Waals surface area contributed by atoms with Crippen LogP contribution in [-0.2, 0) is 21.8 Å². The van der Waals surface area contributed by atoms with Gasteiger partial charge in [0.2, 0.25) is 0 Å². The highest BCUT2D eigenvalue weighted by Crippen LogP contribution is 2.19. The summed E-state index contributed by atoms with van der Waals surface area (Å²) in [5, 5.41) is 0.645. The number of alkyl halides is 1. The smallest absolute Gasteiger partial charge is 0.262 e. The number of ether oxygens (including phenoxy) is 1. The van der Waals surface area contributed by atoms with Crippen molar-refractivity contribution in [3.63, 3.8) is 0 Å². The lowest BCUT2D eigenvalue weighted by atomic mass is 10.3. The van der Waals surface area contributed by atoms with E-state index in [1.807, 2.05) is 0 Å². The zero-order chi connectivity index (χ0) is 12.5. The molecule has 0 bridgehead atoms. The van der Waals surface area contributed by atoms with Crippen LogP contribution in [0.5, 0.6) is 0 Å². The highest BCUT2D eigenvalue weighted by atomic mass is 79.9. The second-order valence-corrected chi connectivity index (χ2v) is 6.36. The zero-order valence-electron chi connectivity index (χ0n) is 9.41. The van der Waals surface area contributed by atoms with Gasteiger partial charge in [-0.05, 0) is 0 Å². The van der Waals surface area contributed by atoms with Crippen molar-refractivity contribution < 1.29 is 13.2 Å². The van der Waals surface area contributed by atoms with Crippen LogP contribution in [0, 0.1) is 0 Å². The number of hydrogen-bond acceptors (Lipinski definition) is 4. The normalized spacial score (nSPS) is 22.8. The first-order valence-electron chi connectivity index (χ1n) is 5.19. The molecule has 8 heteroatoms. The van der Waals surface area contributed by atoms with Crippen LogP contribution in [0.25, 0.3) is 0 Å². The van der Waals surface area contributed by atoms with Gasteiger partial charge in [-0.25, -0.2) is 13.4 Å². The fourth-order valence-corrected chi connectivity index (χ4v) is 4.01. The molecule has 0 saturated carbocycles. The van der Waals surface area contributed by atoms with E-state index in [2.05, 4.69) is 20.9 Å². The molecule has 1 unspecified atom stereocenters. The van der Waals surface area contributed by atoms with E-state index in [-0.39, 0.29) is 11.1 Å². The number of sulfonamides is 1.